The number of nitrogens with one attached hydrogen (secondary N) is 1. The molecule has 0 saturated carbocycles. The molecule has 0 radical (unpaired) electrons. The second-order valence-corrected chi connectivity index (χ2v) is 4.95. The van der Waals surface area contributed by atoms with Crippen LogP contribution in [0.1, 0.15) is 20.3 Å². The molecule has 0 saturated heterocycles. The normalized spacial score (nSPS) is 12.2. The molecule has 4 heteroatoms. The van der Waals surface area contributed by atoms with Crippen LogP contribution in [0.3, 0.4) is 0 Å². The van der Waals surface area contributed by atoms with Crippen LogP contribution in [-0.4, -0.2) is 36.6 Å². The van der Waals surface area contributed by atoms with Crippen LogP contribution < -0.4 is 10.2 Å². The molecular weight excluding hydrogens is 230 g/mol. The summed E-state index contributed by atoms with van der Waals surface area (Å²) in [4.78, 5) is 6.89. The van der Waals surface area contributed by atoms with Gasteiger partial charge >= 0.3 is 0 Å². The van der Waals surface area contributed by atoms with Gasteiger partial charge < -0.3 is 10.2 Å². The molecule has 3 nitrogen and oxygen atoms in total. The lowest BCUT2D eigenvalue weighted by molar-refractivity contribution is 0.666. The molecular formula is C13H23N3S. The number of hydrogen-bond donors (Lipinski definition) is 1. The summed E-state index contributed by atoms with van der Waals surface area (Å²) in [5.41, 5.74) is 0. The summed E-state index contributed by atoms with van der Waals surface area (Å²) in [5, 5.41) is 3.25. The Bertz CT molecular complexity index is 330. The van der Waals surface area contributed by atoms with Gasteiger partial charge in [-0.1, -0.05) is 13.0 Å². The quantitative estimate of drug-likeness (QED) is 0.808. The summed E-state index contributed by atoms with van der Waals surface area (Å²) in [7, 11) is 2.13. The Kier molecular flexibility index (Phi) is 6.19. The number of aromatic nitrogens is 1. The minimum Gasteiger partial charge on any atom is -0.370 e. The van der Waals surface area contributed by atoms with E-state index in [1.165, 1.54) is 0 Å². The van der Waals surface area contributed by atoms with Crippen LogP contribution in [0.2, 0.25) is 0 Å². The number of pyridine rings is 1. The van der Waals surface area contributed by atoms with Crippen LogP contribution in [0.5, 0.6) is 0 Å². The maximum atomic E-state index is 4.62. The van der Waals surface area contributed by atoms with E-state index in [1.807, 2.05) is 17.8 Å². The molecule has 96 valence electrons. The highest BCUT2D eigenvalue weighted by Crippen LogP contribution is 2.18. The monoisotopic (exact) mass is 253 g/mol. The van der Waals surface area contributed by atoms with E-state index in [4.69, 9.17) is 0 Å². The minimum atomic E-state index is 0.550. The Morgan fingerprint density at radius 2 is 2.18 bits per heavy atom. The fourth-order valence-corrected chi connectivity index (χ4v) is 2.63. The van der Waals surface area contributed by atoms with E-state index in [9.17, 15) is 0 Å². The zero-order valence-corrected chi connectivity index (χ0v) is 12.0. The molecule has 1 unspecified atom stereocenters. The van der Waals surface area contributed by atoms with Gasteiger partial charge in [-0.15, -0.1) is 0 Å². The number of rotatable bonds is 7. The molecule has 1 N–H and O–H groups in total. The average Bonchev–Trinajstić information content (AvgIpc) is 2.36. The fraction of sp³-hybridized carbons (Fsp3) is 0.615. The molecule has 0 aliphatic rings. The van der Waals surface area contributed by atoms with Gasteiger partial charge in [0.15, 0.2) is 0 Å². The first-order valence-electron chi connectivity index (χ1n) is 6.15. The topological polar surface area (TPSA) is 28.2 Å². The molecule has 0 amide bonds. The predicted molar refractivity (Wildman–Crippen MR) is 79.3 cm³/mol. The van der Waals surface area contributed by atoms with Crippen LogP contribution in [-0.2, 0) is 0 Å². The molecule has 0 spiro atoms. The van der Waals surface area contributed by atoms with Crippen LogP contribution >= 0.6 is 11.8 Å². The smallest absolute Gasteiger partial charge is 0.130 e. The molecule has 1 rings (SSSR count). The van der Waals surface area contributed by atoms with Crippen LogP contribution in [0.15, 0.2) is 18.2 Å². The van der Waals surface area contributed by atoms with Crippen molar-refractivity contribution in [2.24, 2.45) is 0 Å². The summed E-state index contributed by atoms with van der Waals surface area (Å²) < 4.78 is 0. The van der Waals surface area contributed by atoms with Crippen molar-refractivity contribution in [3.8, 4) is 0 Å². The lowest BCUT2D eigenvalue weighted by Gasteiger charge is -2.28. The second kappa shape index (κ2) is 7.43. The van der Waals surface area contributed by atoms with Crippen LogP contribution in [0, 0.1) is 0 Å². The lowest BCUT2D eigenvalue weighted by Crippen LogP contribution is -2.33. The van der Waals surface area contributed by atoms with Gasteiger partial charge in [-0.25, -0.2) is 4.98 Å². The van der Waals surface area contributed by atoms with Crippen LogP contribution in [0.25, 0.3) is 0 Å². The third kappa shape index (κ3) is 4.11. The highest BCUT2D eigenvalue weighted by atomic mass is 32.2. The first kappa shape index (κ1) is 14.2. The highest BCUT2D eigenvalue weighted by molar-refractivity contribution is 7.98. The second-order valence-electron chi connectivity index (χ2n) is 4.04. The number of thioether (sulfide) groups is 1. The fourth-order valence-electron chi connectivity index (χ4n) is 1.78. The van der Waals surface area contributed by atoms with Crippen LogP contribution in [0.4, 0.5) is 11.6 Å². The van der Waals surface area contributed by atoms with Gasteiger partial charge in [-0.2, -0.15) is 11.8 Å². The number of hydrogen-bond acceptors (Lipinski definition) is 4. The molecule has 1 atom stereocenters. The van der Waals surface area contributed by atoms with Gasteiger partial charge in [-0.3, -0.25) is 0 Å². The van der Waals surface area contributed by atoms with E-state index in [1.54, 1.807) is 0 Å². The van der Waals surface area contributed by atoms with E-state index in [0.717, 1.165) is 30.4 Å². The van der Waals surface area contributed by atoms with Gasteiger partial charge in [0.05, 0.1) is 0 Å². The Hall–Kier alpha value is -0.900. The first-order valence-corrected chi connectivity index (χ1v) is 7.55. The van der Waals surface area contributed by atoms with Crippen molar-refractivity contribution >= 4 is 23.4 Å². The summed E-state index contributed by atoms with van der Waals surface area (Å²) in [5.74, 6) is 3.14. The molecule has 0 aromatic carbocycles. The average molecular weight is 253 g/mol. The van der Waals surface area contributed by atoms with Gasteiger partial charge in [0.2, 0.25) is 0 Å². The molecule has 0 bridgehead atoms. The summed E-state index contributed by atoms with van der Waals surface area (Å²) >= 11 is 1.89. The molecule has 17 heavy (non-hydrogen) atoms. The van der Waals surface area contributed by atoms with Crippen molar-refractivity contribution in [3.63, 3.8) is 0 Å². The zero-order valence-electron chi connectivity index (χ0n) is 11.2. The van der Waals surface area contributed by atoms with Crippen molar-refractivity contribution in [3.05, 3.63) is 18.2 Å². The van der Waals surface area contributed by atoms with Crippen molar-refractivity contribution in [2.45, 2.75) is 26.3 Å². The van der Waals surface area contributed by atoms with E-state index in [-0.39, 0.29) is 0 Å². The van der Waals surface area contributed by atoms with Crippen molar-refractivity contribution in [1.29, 1.82) is 0 Å². The summed E-state index contributed by atoms with van der Waals surface area (Å²) in [6.45, 7) is 5.22. The largest absolute Gasteiger partial charge is 0.370 e. The number of anilines is 2. The van der Waals surface area contributed by atoms with Crippen molar-refractivity contribution < 1.29 is 0 Å². The molecule has 1 heterocycles. The summed E-state index contributed by atoms with van der Waals surface area (Å²) in [6, 6.07) is 6.69. The molecule has 0 aliphatic carbocycles. The predicted octanol–water partition coefficient (Wildman–Crippen LogP) is 3.09. The van der Waals surface area contributed by atoms with Gasteiger partial charge in [0.25, 0.3) is 0 Å². The third-order valence-electron chi connectivity index (χ3n) is 2.83. The third-order valence-corrected chi connectivity index (χ3v) is 3.55. The van der Waals surface area contributed by atoms with E-state index in [0.29, 0.717) is 6.04 Å². The molecule has 1 aromatic rings. The van der Waals surface area contributed by atoms with E-state index >= 15 is 0 Å². The van der Waals surface area contributed by atoms with Gasteiger partial charge in [0, 0.05) is 25.4 Å². The Morgan fingerprint density at radius 3 is 2.76 bits per heavy atom. The Labute approximate surface area is 109 Å². The van der Waals surface area contributed by atoms with Gasteiger partial charge in [0.1, 0.15) is 11.6 Å². The Morgan fingerprint density at radius 1 is 1.41 bits per heavy atom. The van der Waals surface area contributed by atoms with E-state index < -0.39 is 0 Å². The first-order chi connectivity index (χ1) is 8.22. The molecule has 1 aromatic heterocycles. The highest BCUT2D eigenvalue weighted by Gasteiger charge is 2.13. The summed E-state index contributed by atoms with van der Waals surface area (Å²) in [6.07, 6.45) is 3.30. The van der Waals surface area contributed by atoms with E-state index in [2.05, 4.69) is 54.5 Å². The SMILES string of the molecule is CCNc1cccc(N(C)C(CC)CSC)n1. The zero-order chi connectivity index (χ0) is 12.7. The molecule has 0 aliphatic heterocycles. The lowest BCUT2D eigenvalue weighted by atomic mass is 10.2. The maximum Gasteiger partial charge on any atom is 0.130 e. The standard InChI is InChI=1S/C13H23N3S/c1-5-11(10-17-4)16(3)13-9-7-8-12(15-13)14-6-2/h7-9,11H,5-6,10H2,1-4H3,(H,14,15). The number of nitrogens with zero attached hydrogens (tertiary/aromatic N) is 2. The van der Waals surface area contributed by atoms with Crippen molar-refractivity contribution in [1.82, 2.24) is 4.98 Å². The van der Waals surface area contributed by atoms with Crippen molar-refractivity contribution in [2.75, 3.05) is 35.8 Å². The maximum absolute atomic E-state index is 4.62. The Balaban J connectivity index is 2.79. The van der Waals surface area contributed by atoms with Gasteiger partial charge in [-0.05, 0) is 31.7 Å². The minimum absolute atomic E-state index is 0.550. The molecule has 0 fully saturated rings.